The van der Waals surface area contributed by atoms with Crippen molar-refractivity contribution in [2.24, 2.45) is 5.92 Å². The fourth-order valence-electron chi connectivity index (χ4n) is 5.23. The van der Waals surface area contributed by atoms with Crippen molar-refractivity contribution >= 4 is 28.9 Å². The number of carbonyl (C=O) groups is 2. The van der Waals surface area contributed by atoms with E-state index in [1.807, 2.05) is 18.2 Å². The second kappa shape index (κ2) is 14.8. The summed E-state index contributed by atoms with van der Waals surface area (Å²) in [4.78, 5) is 30.6. The molecule has 230 valence electrons. The first-order valence-corrected chi connectivity index (χ1v) is 14.4. The van der Waals surface area contributed by atoms with Crippen LogP contribution in [-0.4, -0.2) is 51.3 Å². The van der Waals surface area contributed by atoms with E-state index in [9.17, 15) is 14.7 Å². The van der Waals surface area contributed by atoms with Crippen molar-refractivity contribution in [3.05, 3.63) is 102 Å². The summed E-state index contributed by atoms with van der Waals surface area (Å²) in [5, 5.41) is 16.9. The van der Waals surface area contributed by atoms with Crippen molar-refractivity contribution in [2.45, 2.75) is 19.8 Å². The van der Waals surface area contributed by atoms with Gasteiger partial charge in [0.05, 0.1) is 21.3 Å². The van der Waals surface area contributed by atoms with Crippen LogP contribution in [0, 0.1) is 5.92 Å². The number of rotatable bonds is 13. The second-order valence-electron chi connectivity index (χ2n) is 10.0. The van der Waals surface area contributed by atoms with Gasteiger partial charge in [-0.3, -0.25) is 9.59 Å². The molecule has 4 aromatic rings. The minimum atomic E-state index is -1.33. The number of hydrogen-bond donors (Lipinski definition) is 3. The van der Waals surface area contributed by atoms with Crippen LogP contribution < -0.4 is 29.7 Å². The highest BCUT2D eigenvalue weighted by Gasteiger charge is 2.40. The Hall–Kier alpha value is -5.18. The molecule has 4 rings (SSSR count). The number of phenols is 1. The van der Waals surface area contributed by atoms with Gasteiger partial charge in [0.15, 0.2) is 0 Å². The fraction of sp³-hybridized carbons (Fsp3) is 0.257. The zero-order valence-corrected chi connectivity index (χ0v) is 25.7. The molecule has 0 heterocycles. The summed E-state index contributed by atoms with van der Waals surface area (Å²) in [6.07, 6.45) is 0. The maximum atomic E-state index is 14.2. The van der Waals surface area contributed by atoms with Crippen LogP contribution in [0.1, 0.15) is 30.9 Å². The molecule has 0 spiro atoms. The zero-order chi connectivity index (χ0) is 31.6. The molecule has 0 fully saturated rings. The van der Waals surface area contributed by atoms with Gasteiger partial charge >= 0.3 is 0 Å². The first kappa shape index (κ1) is 31.7. The van der Waals surface area contributed by atoms with E-state index in [1.165, 1.54) is 0 Å². The van der Waals surface area contributed by atoms with E-state index < -0.39 is 23.7 Å². The van der Waals surface area contributed by atoms with Gasteiger partial charge in [-0.2, -0.15) is 0 Å². The average Bonchev–Trinajstić information content (AvgIpc) is 3.05. The predicted octanol–water partition coefficient (Wildman–Crippen LogP) is 6.29. The smallest absolute Gasteiger partial charge is 0.237 e. The van der Waals surface area contributed by atoms with Gasteiger partial charge in [-0.25, -0.2) is 0 Å². The van der Waals surface area contributed by atoms with Crippen LogP contribution in [0.25, 0.3) is 0 Å². The number of benzene rings is 4. The Kier molecular flexibility index (Phi) is 10.7. The van der Waals surface area contributed by atoms with E-state index in [4.69, 9.17) is 14.2 Å². The number of hydrogen-bond acceptors (Lipinski definition) is 7. The molecule has 0 aliphatic rings. The van der Waals surface area contributed by atoms with Crippen molar-refractivity contribution in [3.63, 3.8) is 0 Å². The Bertz CT molecular complexity index is 1490. The summed E-state index contributed by atoms with van der Waals surface area (Å²) in [7, 11) is 4.67. The summed E-state index contributed by atoms with van der Waals surface area (Å²) in [5.41, 5.74) is 2.88. The van der Waals surface area contributed by atoms with E-state index in [0.29, 0.717) is 39.8 Å². The number of aromatic hydroxyl groups is 1. The number of ether oxygens (including phenoxy) is 3. The van der Waals surface area contributed by atoms with Gasteiger partial charge in [0.1, 0.15) is 28.9 Å². The number of carbonyl (C=O) groups excluding carboxylic acids is 2. The molecule has 2 amide bonds. The maximum Gasteiger partial charge on any atom is 0.237 e. The third kappa shape index (κ3) is 7.23. The zero-order valence-electron chi connectivity index (χ0n) is 25.7. The van der Waals surface area contributed by atoms with Crippen LogP contribution >= 0.6 is 0 Å². The molecule has 0 saturated carbocycles. The molecule has 0 radical (unpaired) electrons. The molecule has 1 atom stereocenters. The molecule has 0 bridgehead atoms. The standard InChI is InChI=1S/C35H39N3O6/c1-6-38(7-2)25-16-21-29(31(22-25)44-5)32(28-10-8-9-11-30(28)39)33(34(40)36-23-12-17-26(42-3)18-13-23)35(41)37-24-14-19-27(43-4)20-15-24/h8-22,32-33,39H,6-7H2,1-5H3,(H,36,40)(H,37,41). The first-order chi connectivity index (χ1) is 21.3. The molecule has 0 saturated heterocycles. The molecule has 0 aliphatic carbocycles. The van der Waals surface area contributed by atoms with Crippen molar-refractivity contribution in [1.29, 1.82) is 0 Å². The minimum Gasteiger partial charge on any atom is -0.508 e. The van der Waals surface area contributed by atoms with Crippen LogP contribution in [0.15, 0.2) is 91.0 Å². The van der Waals surface area contributed by atoms with Gasteiger partial charge < -0.3 is 34.9 Å². The lowest BCUT2D eigenvalue weighted by molar-refractivity contribution is -0.129. The lowest BCUT2D eigenvalue weighted by atomic mass is 9.78. The number of nitrogens with zero attached hydrogens (tertiary/aromatic N) is 1. The first-order valence-electron chi connectivity index (χ1n) is 14.4. The van der Waals surface area contributed by atoms with Crippen LogP contribution in [0.4, 0.5) is 17.1 Å². The van der Waals surface area contributed by atoms with E-state index in [-0.39, 0.29) is 5.75 Å². The maximum absolute atomic E-state index is 14.2. The van der Waals surface area contributed by atoms with Crippen molar-refractivity contribution < 1.29 is 28.9 Å². The fourth-order valence-corrected chi connectivity index (χ4v) is 5.23. The summed E-state index contributed by atoms with van der Waals surface area (Å²) in [6, 6.07) is 26.1. The summed E-state index contributed by atoms with van der Waals surface area (Å²) >= 11 is 0. The third-order valence-corrected chi connectivity index (χ3v) is 7.57. The van der Waals surface area contributed by atoms with Gasteiger partial charge in [0.25, 0.3) is 0 Å². The lowest BCUT2D eigenvalue weighted by Gasteiger charge is -2.29. The molecular formula is C35H39N3O6. The quantitative estimate of drug-likeness (QED) is 0.155. The Labute approximate surface area is 258 Å². The number of para-hydroxylation sites is 1. The Morgan fingerprint density at radius 1 is 0.705 bits per heavy atom. The minimum absolute atomic E-state index is 0.0492. The molecule has 44 heavy (non-hydrogen) atoms. The average molecular weight is 598 g/mol. The number of phenolic OH excluding ortho intramolecular Hbond substituents is 1. The number of methoxy groups -OCH3 is 3. The van der Waals surface area contributed by atoms with E-state index in [1.54, 1.807) is 94.1 Å². The molecule has 0 aromatic heterocycles. The Morgan fingerprint density at radius 2 is 1.23 bits per heavy atom. The van der Waals surface area contributed by atoms with E-state index in [2.05, 4.69) is 29.4 Å². The molecule has 1 unspecified atom stereocenters. The van der Waals surface area contributed by atoms with Crippen LogP contribution in [0.5, 0.6) is 23.0 Å². The van der Waals surface area contributed by atoms with Gasteiger partial charge in [-0.1, -0.05) is 24.3 Å². The van der Waals surface area contributed by atoms with Crippen LogP contribution in [0.3, 0.4) is 0 Å². The normalized spacial score (nSPS) is 11.4. The SMILES string of the molecule is CCN(CC)c1ccc(C(c2ccccc2O)C(C(=O)Nc2ccc(OC)cc2)C(=O)Nc2ccc(OC)cc2)c(OC)c1. The molecule has 9 nitrogen and oxygen atoms in total. The highest BCUT2D eigenvalue weighted by molar-refractivity contribution is 6.12. The molecule has 3 N–H and O–H groups in total. The predicted molar refractivity (Wildman–Crippen MR) is 173 cm³/mol. The van der Waals surface area contributed by atoms with E-state index in [0.717, 1.165) is 18.8 Å². The van der Waals surface area contributed by atoms with Gasteiger partial charge in [-0.15, -0.1) is 0 Å². The van der Waals surface area contributed by atoms with Crippen molar-refractivity contribution in [1.82, 2.24) is 0 Å². The van der Waals surface area contributed by atoms with Gasteiger partial charge in [-0.05, 0) is 74.5 Å². The largest absolute Gasteiger partial charge is 0.508 e. The molecule has 4 aromatic carbocycles. The summed E-state index contributed by atoms with van der Waals surface area (Å²) < 4.78 is 16.4. The Balaban J connectivity index is 1.86. The van der Waals surface area contributed by atoms with Crippen LogP contribution in [0.2, 0.25) is 0 Å². The van der Waals surface area contributed by atoms with Gasteiger partial charge in [0, 0.05) is 53.3 Å². The van der Waals surface area contributed by atoms with Crippen LogP contribution in [-0.2, 0) is 9.59 Å². The second-order valence-corrected chi connectivity index (χ2v) is 10.0. The summed E-state index contributed by atoms with van der Waals surface area (Å²) in [6.45, 7) is 5.72. The Morgan fingerprint density at radius 3 is 1.68 bits per heavy atom. The highest BCUT2D eigenvalue weighted by Crippen LogP contribution is 2.43. The third-order valence-electron chi connectivity index (χ3n) is 7.57. The van der Waals surface area contributed by atoms with Crippen molar-refractivity contribution in [3.8, 4) is 23.0 Å². The molecular weight excluding hydrogens is 558 g/mol. The summed E-state index contributed by atoms with van der Waals surface area (Å²) in [5.74, 6) is -1.69. The molecule has 0 aliphatic heterocycles. The number of anilines is 3. The topological polar surface area (TPSA) is 109 Å². The molecule has 9 heteroatoms. The number of nitrogens with one attached hydrogen (secondary N) is 2. The van der Waals surface area contributed by atoms with Gasteiger partial charge in [0.2, 0.25) is 11.8 Å². The van der Waals surface area contributed by atoms with E-state index >= 15 is 0 Å². The highest BCUT2D eigenvalue weighted by atomic mass is 16.5. The lowest BCUT2D eigenvalue weighted by Crippen LogP contribution is -2.38. The van der Waals surface area contributed by atoms with Crippen molar-refractivity contribution in [2.75, 3.05) is 50.0 Å². The number of amides is 2. The monoisotopic (exact) mass is 597 g/mol.